The molecule has 0 saturated heterocycles. The highest BCUT2D eigenvalue weighted by Crippen LogP contribution is 2.28. The minimum absolute atomic E-state index is 0.0717. The van der Waals surface area contributed by atoms with Gasteiger partial charge in [-0.2, -0.15) is 0 Å². The van der Waals surface area contributed by atoms with Gasteiger partial charge >= 0.3 is 5.97 Å². The third-order valence-corrected chi connectivity index (χ3v) is 3.80. The molecule has 0 aliphatic heterocycles. The summed E-state index contributed by atoms with van der Waals surface area (Å²) in [4.78, 5) is 23.7. The summed E-state index contributed by atoms with van der Waals surface area (Å²) in [6.07, 6.45) is 2.63. The normalized spacial score (nSPS) is 19.0. The van der Waals surface area contributed by atoms with E-state index in [4.69, 9.17) is 9.47 Å². The molecule has 27 heavy (non-hydrogen) atoms. The molecule has 1 aliphatic carbocycles. The van der Waals surface area contributed by atoms with Crippen molar-refractivity contribution in [2.24, 2.45) is 5.92 Å². The van der Waals surface area contributed by atoms with Crippen molar-refractivity contribution >= 4 is 11.8 Å². The Balaban J connectivity index is 1.93. The molecule has 0 heterocycles. The summed E-state index contributed by atoms with van der Waals surface area (Å²) in [6, 6.07) is 8.30. The van der Waals surface area contributed by atoms with E-state index in [2.05, 4.69) is 6.58 Å². The van der Waals surface area contributed by atoms with Crippen LogP contribution in [0.4, 0.5) is 0 Å². The van der Waals surface area contributed by atoms with Crippen molar-refractivity contribution in [3.63, 3.8) is 0 Å². The number of benzene rings is 1. The van der Waals surface area contributed by atoms with Crippen LogP contribution in [0.5, 0.6) is 0 Å². The minimum Gasteiger partial charge on any atom is -0.491 e. The molecule has 7 nitrogen and oxygen atoms in total. The molecule has 1 aliphatic rings. The first-order valence-electron chi connectivity index (χ1n) is 8.29. The maximum absolute atomic E-state index is 12.5. The van der Waals surface area contributed by atoms with Crippen LogP contribution in [0.15, 0.2) is 66.5 Å². The molecule has 3 N–H and O–H groups in total. The van der Waals surface area contributed by atoms with E-state index < -0.39 is 29.6 Å². The number of carbonyl (C=O) groups excluding carboxylic acids is 2. The van der Waals surface area contributed by atoms with E-state index >= 15 is 0 Å². The van der Waals surface area contributed by atoms with Gasteiger partial charge in [0.05, 0.1) is 5.92 Å². The van der Waals surface area contributed by atoms with Gasteiger partial charge in [-0.3, -0.25) is 4.79 Å². The number of aliphatic hydroxyl groups is 3. The predicted molar refractivity (Wildman–Crippen MR) is 96.4 cm³/mol. The summed E-state index contributed by atoms with van der Waals surface area (Å²) >= 11 is 0. The summed E-state index contributed by atoms with van der Waals surface area (Å²) in [5, 5.41) is 30.2. The smallest absolute Gasteiger partial charge is 0.333 e. The molecule has 0 aromatic heterocycles. The lowest BCUT2D eigenvalue weighted by Gasteiger charge is -2.29. The van der Waals surface area contributed by atoms with Gasteiger partial charge in [0, 0.05) is 17.2 Å². The number of hydrogen-bond donors (Lipinski definition) is 3. The Bertz CT molecular complexity index is 762. The lowest BCUT2D eigenvalue weighted by Crippen LogP contribution is -2.41. The number of Topliss-reactive ketones (excluding diaryl/α,β-unsaturated/α-hetero) is 1. The minimum atomic E-state index is -2.44. The van der Waals surface area contributed by atoms with Crippen LogP contribution < -0.4 is 0 Å². The zero-order valence-corrected chi connectivity index (χ0v) is 14.9. The van der Waals surface area contributed by atoms with Crippen LogP contribution >= 0.6 is 0 Å². The second-order valence-electron chi connectivity index (χ2n) is 6.24. The van der Waals surface area contributed by atoms with Crippen molar-refractivity contribution in [3.8, 4) is 0 Å². The first-order chi connectivity index (χ1) is 12.7. The Hall–Kier alpha value is -2.74. The Kier molecular flexibility index (Phi) is 6.68. The van der Waals surface area contributed by atoms with E-state index in [1.54, 1.807) is 30.3 Å². The fraction of sp³-hybridized carbons (Fsp3) is 0.300. The maximum atomic E-state index is 12.5. The summed E-state index contributed by atoms with van der Waals surface area (Å²) in [5.41, 5.74) is 0.563. The summed E-state index contributed by atoms with van der Waals surface area (Å²) in [6.45, 7) is 4.37. The van der Waals surface area contributed by atoms with Crippen LogP contribution in [0.1, 0.15) is 17.3 Å². The average molecular weight is 374 g/mol. The fourth-order valence-electron chi connectivity index (χ4n) is 2.37. The van der Waals surface area contributed by atoms with E-state index in [1.807, 2.05) is 0 Å². The third-order valence-electron chi connectivity index (χ3n) is 3.80. The Morgan fingerprint density at radius 1 is 1.22 bits per heavy atom. The number of aliphatic hydroxyl groups excluding tert-OH is 1. The van der Waals surface area contributed by atoms with Gasteiger partial charge in [0.25, 0.3) is 0 Å². The van der Waals surface area contributed by atoms with Gasteiger partial charge in [0.1, 0.15) is 25.1 Å². The van der Waals surface area contributed by atoms with E-state index in [1.165, 1.54) is 19.1 Å². The van der Waals surface area contributed by atoms with Crippen LogP contribution in [0.3, 0.4) is 0 Å². The van der Waals surface area contributed by atoms with Crippen molar-refractivity contribution in [2.45, 2.75) is 18.8 Å². The highest BCUT2D eigenvalue weighted by molar-refractivity contribution is 5.99. The quantitative estimate of drug-likeness (QED) is 0.270. The number of hydrogen-bond acceptors (Lipinski definition) is 7. The molecule has 2 atom stereocenters. The van der Waals surface area contributed by atoms with E-state index in [0.717, 1.165) is 6.08 Å². The molecule has 0 bridgehead atoms. The van der Waals surface area contributed by atoms with Crippen LogP contribution in [0, 0.1) is 5.92 Å². The van der Waals surface area contributed by atoms with Crippen LogP contribution in [0.2, 0.25) is 0 Å². The van der Waals surface area contributed by atoms with Gasteiger partial charge in [-0.05, 0) is 13.0 Å². The summed E-state index contributed by atoms with van der Waals surface area (Å²) in [5.74, 6) is -4.62. The van der Waals surface area contributed by atoms with Gasteiger partial charge in [-0.1, -0.05) is 43.0 Å². The van der Waals surface area contributed by atoms with Crippen LogP contribution in [-0.2, 0) is 14.3 Å². The first kappa shape index (κ1) is 20.6. The van der Waals surface area contributed by atoms with Crippen LogP contribution in [0.25, 0.3) is 0 Å². The number of allylic oxidation sites excluding steroid dienone is 1. The zero-order valence-electron chi connectivity index (χ0n) is 14.9. The van der Waals surface area contributed by atoms with Crippen molar-refractivity contribution in [3.05, 3.63) is 72.0 Å². The lowest BCUT2D eigenvalue weighted by molar-refractivity contribution is -0.143. The molecule has 0 amide bonds. The first-order valence-corrected chi connectivity index (χ1v) is 8.29. The number of rotatable bonds is 8. The number of ketones is 1. The topological polar surface area (TPSA) is 113 Å². The van der Waals surface area contributed by atoms with E-state index in [9.17, 15) is 24.9 Å². The van der Waals surface area contributed by atoms with E-state index in [0.29, 0.717) is 5.56 Å². The standard InChI is InChI=1S/C20H22O7/c1-13(2)19(23)27-12-15(21)11-26-16-8-9-17(20(24,25)10-16)18(22)14-6-4-3-5-7-14/h3-10,15,17,21,24-25H,1,11-12H2,2H3. The number of carbonyl (C=O) groups is 2. The number of esters is 1. The van der Waals surface area contributed by atoms with Crippen molar-refractivity contribution in [1.82, 2.24) is 0 Å². The zero-order chi connectivity index (χ0) is 20.0. The molecule has 7 heteroatoms. The highest BCUT2D eigenvalue weighted by atomic mass is 16.5. The summed E-state index contributed by atoms with van der Waals surface area (Å²) < 4.78 is 10.1. The Labute approximate surface area is 156 Å². The molecule has 144 valence electrons. The molecule has 1 aromatic carbocycles. The average Bonchev–Trinajstić information content (AvgIpc) is 2.63. The largest absolute Gasteiger partial charge is 0.491 e. The third kappa shape index (κ3) is 5.62. The van der Waals surface area contributed by atoms with Gasteiger partial charge in [-0.25, -0.2) is 4.79 Å². The fourth-order valence-corrected chi connectivity index (χ4v) is 2.37. The van der Waals surface area contributed by atoms with Crippen LogP contribution in [-0.4, -0.2) is 52.2 Å². The molecule has 2 rings (SSSR count). The van der Waals surface area contributed by atoms with Gasteiger partial charge in [0.2, 0.25) is 5.79 Å². The molecule has 0 radical (unpaired) electrons. The Morgan fingerprint density at radius 2 is 1.89 bits per heavy atom. The van der Waals surface area contributed by atoms with E-state index in [-0.39, 0.29) is 24.5 Å². The van der Waals surface area contributed by atoms with Gasteiger partial charge in [-0.15, -0.1) is 0 Å². The lowest BCUT2D eigenvalue weighted by atomic mass is 9.86. The molecule has 1 aromatic rings. The van der Waals surface area contributed by atoms with Gasteiger partial charge < -0.3 is 24.8 Å². The monoisotopic (exact) mass is 374 g/mol. The molecule has 0 spiro atoms. The highest BCUT2D eigenvalue weighted by Gasteiger charge is 2.39. The predicted octanol–water partition coefficient (Wildman–Crippen LogP) is 1.12. The van der Waals surface area contributed by atoms with Crippen molar-refractivity contribution in [2.75, 3.05) is 13.2 Å². The molecule has 0 fully saturated rings. The molecule has 0 saturated carbocycles. The second kappa shape index (κ2) is 8.77. The SMILES string of the molecule is C=C(C)C(=O)OCC(O)COC1=CC(O)(O)C(C(=O)c2ccccc2)C=C1. The Morgan fingerprint density at radius 3 is 2.48 bits per heavy atom. The van der Waals surface area contributed by atoms with Crippen molar-refractivity contribution in [1.29, 1.82) is 0 Å². The number of ether oxygens (including phenoxy) is 2. The maximum Gasteiger partial charge on any atom is 0.333 e. The molecule has 2 unspecified atom stereocenters. The second-order valence-corrected chi connectivity index (χ2v) is 6.24. The molecular formula is C20H22O7. The molecular weight excluding hydrogens is 352 g/mol. The van der Waals surface area contributed by atoms with Crippen molar-refractivity contribution < 1.29 is 34.4 Å². The summed E-state index contributed by atoms with van der Waals surface area (Å²) in [7, 11) is 0. The van der Waals surface area contributed by atoms with Gasteiger partial charge in [0.15, 0.2) is 5.78 Å².